The lowest BCUT2D eigenvalue weighted by atomic mass is 9.98. The zero-order valence-electron chi connectivity index (χ0n) is 11.0. The van der Waals surface area contributed by atoms with Crippen LogP contribution in [-0.4, -0.2) is 52.4 Å². The van der Waals surface area contributed by atoms with Gasteiger partial charge in [-0.05, 0) is 12.8 Å². The van der Waals surface area contributed by atoms with Crippen LogP contribution in [0.2, 0.25) is 0 Å². The summed E-state index contributed by atoms with van der Waals surface area (Å²) in [5, 5.41) is 13.3. The van der Waals surface area contributed by atoms with Crippen LogP contribution in [0.5, 0.6) is 0 Å². The van der Waals surface area contributed by atoms with Gasteiger partial charge in [-0.25, -0.2) is 4.79 Å². The number of imide groups is 1. The molecule has 0 aromatic heterocycles. The van der Waals surface area contributed by atoms with Gasteiger partial charge in [-0.15, -0.1) is 0 Å². The predicted molar refractivity (Wildman–Crippen MR) is 66.7 cm³/mol. The Morgan fingerprint density at radius 1 is 1.30 bits per heavy atom. The van der Waals surface area contributed by atoms with E-state index in [1.807, 2.05) is 0 Å². The number of carbonyl (C=O) groups is 4. The van der Waals surface area contributed by atoms with Crippen LogP contribution in [0.15, 0.2) is 0 Å². The third-order valence-electron chi connectivity index (χ3n) is 3.70. The average molecular weight is 283 g/mol. The number of aliphatic carboxylic acids is 1. The molecule has 1 saturated heterocycles. The Balaban J connectivity index is 1.87. The van der Waals surface area contributed by atoms with E-state index in [1.54, 1.807) is 0 Å². The number of carbonyl (C=O) groups excluding carboxylic acids is 3. The van der Waals surface area contributed by atoms with Crippen molar-refractivity contribution in [1.82, 2.24) is 15.5 Å². The third-order valence-corrected chi connectivity index (χ3v) is 3.70. The minimum absolute atomic E-state index is 0.0299. The van der Waals surface area contributed by atoms with Gasteiger partial charge in [0.15, 0.2) is 0 Å². The fourth-order valence-corrected chi connectivity index (χ4v) is 2.67. The molecule has 2 aliphatic rings. The van der Waals surface area contributed by atoms with Crippen LogP contribution < -0.4 is 10.6 Å². The molecule has 1 saturated carbocycles. The van der Waals surface area contributed by atoms with Crippen molar-refractivity contribution in [3.63, 3.8) is 0 Å². The minimum Gasteiger partial charge on any atom is -0.480 e. The van der Waals surface area contributed by atoms with Crippen molar-refractivity contribution in [1.29, 1.82) is 0 Å². The minimum atomic E-state index is -1.14. The van der Waals surface area contributed by atoms with Crippen LogP contribution in [0.25, 0.3) is 0 Å². The summed E-state index contributed by atoms with van der Waals surface area (Å²) in [6, 6.07) is -0.470. The second kappa shape index (κ2) is 5.48. The van der Waals surface area contributed by atoms with Gasteiger partial charge in [0.25, 0.3) is 5.91 Å². The summed E-state index contributed by atoms with van der Waals surface area (Å²) in [5.41, 5.74) is -0.769. The number of nitrogens with one attached hydrogen (secondary N) is 2. The second-order valence-electron chi connectivity index (χ2n) is 5.10. The SMILES string of the molecule is O=C(O)CNC(=O)CCN1C(=O)NC2(CCCC2)C1=O. The van der Waals surface area contributed by atoms with Crippen molar-refractivity contribution in [2.24, 2.45) is 0 Å². The molecular weight excluding hydrogens is 266 g/mol. The maximum absolute atomic E-state index is 12.2. The van der Waals surface area contributed by atoms with Crippen molar-refractivity contribution in [2.75, 3.05) is 13.1 Å². The summed E-state index contributed by atoms with van der Waals surface area (Å²) in [5.74, 6) is -1.91. The number of carboxylic acid groups (broad SMARTS) is 1. The lowest BCUT2D eigenvalue weighted by Crippen LogP contribution is -2.44. The molecule has 0 unspecified atom stereocenters. The standard InChI is InChI=1S/C12H17N3O5/c16-8(13-7-9(17)18)3-6-15-10(19)12(14-11(15)20)4-1-2-5-12/h1-7H2,(H,13,16)(H,14,20)(H,17,18). The Bertz CT molecular complexity index is 456. The zero-order valence-corrected chi connectivity index (χ0v) is 11.0. The van der Waals surface area contributed by atoms with Crippen LogP contribution in [0.3, 0.4) is 0 Å². The lowest BCUT2D eigenvalue weighted by Gasteiger charge is -2.19. The van der Waals surface area contributed by atoms with Gasteiger partial charge in [-0.2, -0.15) is 0 Å². The van der Waals surface area contributed by atoms with Crippen molar-refractivity contribution in [3.8, 4) is 0 Å². The van der Waals surface area contributed by atoms with Gasteiger partial charge in [-0.1, -0.05) is 12.8 Å². The second-order valence-corrected chi connectivity index (χ2v) is 5.10. The van der Waals surface area contributed by atoms with Crippen LogP contribution in [0.1, 0.15) is 32.1 Å². The molecule has 8 nitrogen and oxygen atoms in total. The van der Waals surface area contributed by atoms with Crippen LogP contribution in [-0.2, 0) is 14.4 Å². The molecule has 0 atom stereocenters. The van der Waals surface area contributed by atoms with Crippen LogP contribution in [0.4, 0.5) is 4.79 Å². The highest BCUT2D eigenvalue weighted by Gasteiger charge is 2.52. The maximum Gasteiger partial charge on any atom is 0.325 e. The van der Waals surface area contributed by atoms with Gasteiger partial charge in [0.05, 0.1) is 0 Å². The number of urea groups is 1. The van der Waals surface area contributed by atoms with E-state index in [1.165, 1.54) is 0 Å². The van der Waals surface area contributed by atoms with Crippen molar-refractivity contribution < 1.29 is 24.3 Å². The molecule has 1 spiro atoms. The fourth-order valence-electron chi connectivity index (χ4n) is 2.67. The van der Waals surface area contributed by atoms with Gasteiger partial charge in [0, 0.05) is 13.0 Å². The van der Waals surface area contributed by atoms with E-state index >= 15 is 0 Å². The molecule has 0 bridgehead atoms. The highest BCUT2D eigenvalue weighted by molar-refractivity contribution is 6.07. The van der Waals surface area contributed by atoms with E-state index in [0.717, 1.165) is 17.7 Å². The molecule has 2 rings (SSSR count). The summed E-state index contributed by atoms with van der Waals surface area (Å²) < 4.78 is 0. The first-order valence-corrected chi connectivity index (χ1v) is 6.57. The molecule has 20 heavy (non-hydrogen) atoms. The molecule has 0 aromatic rings. The molecular formula is C12H17N3O5. The molecule has 1 heterocycles. The van der Waals surface area contributed by atoms with Gasteiger partial charge in [-0.3, -0.25) is 19.3 Å². The smallest absolute Gasteiger partial charge is 0.325 e. The topological polar surface area (TPSA) is 116 Å². The Morgan fingerprint density at radius 3 is 2.55 bits per heavy atom. The van der Waals surface area contributed by atoms with Crippen molar-refractivity contribution >= 4 is 23.8 Å². The summed E-state index contributed by atoms with van der Waals surface area (Å²) in [6.07, 6.45) is 2.99. The van der Waals surface area contributed by atoms with E-state index in [0.29, 0.717) is 12.8 Å². The first-order valence-electron chi connectivity index (χ1n) is 6.57. The molecule has 1 aliphatic heterocycles. The number of carboxylic acids is 1. The molecule has 1 aliphatic carbocycles. The summed E-state index contributed by atoms with van der Waals surface area (Å²) in [7, 11) is 0. The Kier molecular flexibility index (Phi) is 3.91. The van der Waals surface area contributed by atoms with Gasteiger partial charge in [0.1, 0.15) is 12.1 Å². The number of rotatable bonds is 5. The van der Waals surface area contributed by atoms with Gasteiger partial charge in [0.2, 0.25) is 5.91 Å². The zero-order chi connectivity index (χ0) is 14.8. The Morgan fingerprint density at radius 2 is 1.95 bits per heavy atom. The molecule has 3 N–H and O–H groups in total. The van der Waals surface area contributed by atoms with E-state index in [-0.39, 0.29) is 18.9 Å². The number of hydrogen-bond donors (Lipinski definition) is 3. The first-order chi connectivity index (χ1) is 9.44. The molecule has 0 radical (unpaired) electrons. The number of nitrogens with zero attached hydrogens (tertiary/aromatic N) is 1. The molecule has 0 aromatic carbocycles. The number of hydrogen-bond acceptors (Lipinski definition) is 4. The van der Waals surface area contributed by atoms with Crippen molar-refractivity contribution in [2.45, 2.75) is 37.6 Å². The van der Waals surface area contributed by atoms with E-state index < -0.39 is 30.0 Å². The van der Waals surface area contributed by atoms with Gasteiger partial charge < -0.3 is 15.7 Å². The average Bonchev–Trinajstić information content (AvgIpc) is 2.93. The van der Waals surface area contributed by atoms with Gasteiger partial charge >= 0.3 is 12.0 Å². The summed E-state index contributed by atoms with van der Waals surface area (Å²) >= 11 is 0. The molecule has 8 heteroatoms. The highest BCUT2D eigenvalue weighted by atomic mass is 16.4. The first kappa shape index (κ1) is 14.3. The van der Waals surface area contributed by atoms with Crippen LogP contribution in [0, 0.1) is 0 Å². The molecule has 110 valence electrons. The molecule has 2 fully saturated rings. The Labute approximate surface area is 115 Å². The summed E-state index contributed by atoms with van der Waals surface area (Å²) in [6.45, 7) is -0.499. The lowest BCUT2D eigenvalue weighted by molar-refractivity contribution is -0.138. The predicted octanol–water partition coefficient (Wildman–Crippen LogP) is -0.558. The third kappa shape index (κ3) is 2.73. The monoisotopic (exact) mass is 283 g/mol. The van der Waals surface area contributed by atoms with Crippen molar-refractivity contribution in [3.05, 3.63) is 0 Å². The fraction of sp³-hybridized carbons (Fsp3) is 0.667. The molecule has 4 amide bonds. The van der Waals surface area contributed by atoms with Crippen LogP contribution >= 0.6 is 0 Å². The Hall–Kier alpha value is -2.12. The maximum atomic E-state index is 12.2. The highest BCUT2D eigenvalue weighted by Crippen LogP contribution is 2.34. The normalized spacial score (nSPS) is 20.3. The van der Waals surface area contributed by atoms with E-state index in [4.69, 9.17) is 5.11 Å². The van der Waals surface area contributed by atoms with E-state index in [2.05, 4.69) is 10.6 Å². The quantitative estimate of drug-likeness (QED) is 0.585. The largest absolute Gasteiger partial charge is 0.480 e. The summed E-state index contributed by atoms with van der Waals surface area (Å²) in [4.78, 5) is 46.8. The van der Waals surface area contributed by atoms with E-state index in [9.17, 15) is 19.2 Å². The number of amides is 4.